The molecule has 2 N–H and O–H groups in total. The van der Waals surface area contributed by atoms with E-state index >= 15 is 0 Å². The average Bonchev–Trinajstić information content (AvgIpc) is 2.48. The number of ether oxygens (including phenoxy) is 1. The number of carbonyl (C=O) groups excluding carboxylic acids is 1. The van der Waals surface area contributed by atoms with Gasteiger partial charge in [0.1, 0.15) is 6.04 Å². The summed E-state index contributed by atoms with van der Waals surface area (Å²) in [7, 11) is 1.55. The van der Waals surface area contributed by atoms with Gasteiger partial charge >= 0.3 is 0 Å². The van der Waals surface area contributed by atoms with Crippen molar-refractivity contribution in [3.05, 3.63) is 47.6 Å². The van der Waals surface area contributed by atoms with E-state index in [9.17, 15) is 4.79 Å². The predicted molar refractivity (Wildman–Crippen MR) is 84.0 cm³/mol. The van der Waals surface area contributed by atoms with Gasteiger partial charge < -0.3 is 15.4 Å². The Balaban J connectivity index is 1.95. The quantitative estimate of drug-likeness (QED) is 0.890. The van der Waals surface area contributed by atoms with Crippen LogP contribution in [0.25, 0.3) is 0 Å². The van der Waals surface area contributed by atoms with Crippen molar-refractivity contribution in [1.82, 2.24) is 4.98 Å². The first-order chi connectivity index (χ1) is 10.1. The van der Waals surface area contributed by atoms with Gasteiger partial charge in [-0.05, 0) is 31.2 Å². The van der Waals surface area contributed by atoms with Gasteiger partial charge in [0.25, 0.3) is 0 Å². The Hall–Kier alpha value is -2.27. The number of benzene rings is 1. The zero-order valence-corrected chi connectivity index (χ0v) is 12.5. The minimum Gasteiger partial charge on any atom is -0.481 e. The van der Waals surface area contributed by atoms with Crippen molar-refractivity contribution < 1.29 is 9.53 Å². The van der Waals surface area contributed by atoms with E-state index in [1.165, 1.54) is 0 Å². The number of aromatic nitrogens is 1. The molecule has 6 heteroatoms. The van der Waals surface area contributed by atoms with Crippen molar-refractivity contribution in [1.29, 1.82) is 0 Å². The third kappa shape index (κ3) is 4.36. The minimum atomic E-state index is -0.417. The van der Waals surface area contributed by atoms with E-state index in [0.29, 0.717) is 16.6 Å². The largest absolute Gasteiger partial charge is 0.481 e. The van der Waals surface area contributed by atoms with Gasteiger partial charge in [0.15, 0.2) is 0 Å². The molecule has 0 aliphatic heterocycles. The van der Waals surface area contributed by atoms with Crippen molar-refractivity contribution in [2.75, 3.05) is 17.7 Å². The van der Waals surface area contributed by atoms with Crippen LogP contribution in [0.5, 0.6) is 5.88 Å². The van der Waals surface area contributed by atoms with Gasteiger partial charge in [-0.1, -0.05) is 17.7 Å². The van der Waals surface area contributed by atoms with Gasteiger partial charge in [-0.25, -0.2) is 4.98 Å². The van der Waals surface area contributed by atoms with Gasteiger partial charge in [0, 0.05) is 16.8 Å². The molecule has 1 unspecified atom stereocenters. The van der Waals surface area contributed by atoms with E-state index in [-0.39, 0.29) is 5.91 Å². The van der Waals surface area contributed by atoms with E-state index in [0.717, 1.165) is 5.69 Å². The Morgan fingerprint density at radius 2 is 2.10 bits per heavy atom. The van der Waals surface area contributed by atoms with Crippen LogP contribution in [-0.2, 0) is 4.79 Å². The van der Waals surface area contributed by atoms with Crippen LogP contribution >= 0.6 is 11.6 Å². The van der Waals surface area contributed by atoms with Crippen molar-refractivity contribution >= 4 is 28.9 Å². The highest BCUT2D eigenvalue weighted by Gasteiger charge is 2.13. The molecule has 0 spiro atoms. The second kappa shape index (κ2) is 6.95. The fourth-order valence-corrected chi connectivity index (χ4v) is 1.91. The highest BCUT2D eigenvalue weighted by Crippen LogP contribution is 2.16. The third-order valence-electron chi connectivity index (χ3n) is 2.81. The van der Waals surface area contributed by atoms with Crippen molar-refractivity contribution in [2.24, 2.45) is 0 Å². The Labute approximate surface area is 128 Å². The predicted octanol–water partition coefficient (Wildman–Crippen LogP) is 3.18. The molecule has 0 saturated heterocycles. The molecule has 0 radical (unpaired) electrons. The number of nitrogens with zero attached hydrogens (tertiary/aromatic N) is 1. The van der Waals surface area contributed by atoms with E-state index in [1.807, 2.05) is 0 Å². The second-order valence-corrected chi connectivity index (χ2v) is 4.89. The lowest BCUT2D eigenvalue weighted by Gasteiger charge is -2.15. The number of rotatable bonds is 5. The van der Waals surface area contributed by atoms with E-state index in [4.69, 9.17) is 16.3 Å². The monoisotopic (exact) mass is 305 g/mol. The molecule has 21 heavy (non-hydrogen) atoms. The number of methoxy groups -OCH3 is 1. The number of nitrogens with one attached hydrogen (secondary N) is 2. The molecule has 5 nitrogen and oxygen atoms in total. The molecule has 2 aromatic rings. The molecule has 0 saturated carbocycles. The number of halogens is 1. The Bertz CT molecular complexity index is 617. The Morgan fingerprint density at radius 3 is 2.71 bits per heavy atom. The van der Waals surface area contributed by atoms with Crippen LogP contribution in [0, 0.1) is 0 Å². The molecule has 0 bridgehead atoms. The Morgan fingerprint density at radius 1 is 1.29 bits per heavy atom. The first-order valence-corrected chi connectivity index (χ1v) is 6.79. The Kier molecular flexibility index (Phi) is 5.00. The zero-order chi connectivity index (χ0) is 15.2. The molecule has 1 atom stereocenters. The number of carbonyl (C=O) groups is 1. The topological polar surface area (TPSA) is 63.2 Å². The normalized spacial score (nSPS) is 11.6. The molecule has 0 aliphatic carbocycles. The van der Waals surface area contributed by atoms with Crippen molar-refractivity contribution in [2.45, 2.75) is 13.0 Å². The molecular formula is C15H16ClN3O2. The maximum Gasteiger partial charge on any atom is 0.246 e. The lowest BCUT2D eigenvalue weighted by atomic mass is 10.2. The van der Waals surface area contributed by atoms with Crippen LogP contribution in [-0.4, -0.2) is 24.0 Å². The van der Waals surface area contributed by atoms with E-state index in [1.54, 1.807) is 56.6 Å². The summed E-state index contributed by atoms with van der Waals surface area (Å²) in [5.41, 5.74) is 1.40. The molecule has 1 amide bonds. The summed E-state index contributed by atoms with van der Waals surface area (Å²) in [5.74, 6) is 0.365. The summed E-state index contributed by atoms with van der Waals surface area (Å²) in [6.07, 6.45) is 1.61. The van der Waals surface area contributed by atoms with Gasteiger partial charge in [0.2, 0.25) is 11.8 Å². The summed E-state index contributed by atoms with van der Waals surface area (Å²) in [5, 5.41) is 6.44. The number of pyridine rings is 1. The fraction of sp³-hybridized carbons (Fsp3) is 0.200. The standard InChI is InChI=1S/C15H16ClN3O2/c1-10(18-13-6-7-14(21-2)17-9-13)15(20)19-12-5-3-4-11(16)8-12/h3-10,18H,1-2H3,(H,19,20). The summed E-state index contributed by atoms with van der Waals surface area (Å²) in [6, 6.07) is 10.1. The number of anilines is 2. The summed E-state index contributed by atoms with van der Waals surface area (Å²) >= 11 is 5.88. The molecule has 0 fully saturated rings. The maximum absolute atomic E-state index is 12.1. The van der Waals surface area contributed by atoms with Crippen LogP contribution in [0.4, 0.5) is 11.4 Å². The zero-order valence-electron chi connectivity index (χ0n) is 11.8. The second-order valence-electron chi connectivity index (χ2n) is 4.45. The lowest BCUT2D eigenvalue weighted by Crippen LogP contribution is -2.31. The van der Waals surface area contributed by atoms with E-state index < -0.39 is 6.04 Å². The molecule has 0 aliphatic rings. The van der Waals surface area contributed by atoms with Gasteiger partial charge in [0.05, 0.1) is 19.0 Å². The van der Waals surface area contributed by atoms with Crippen molar-refractivity contribution in [3.8, 4) is 5.88 Å². The van der Waals surface area contributed by atoms with Crippen LogP contribution in [0.3, 0.4) is 0 Å². The lowest BCUT2D eigenvalue weighted by molar-refractivity contribution is -0.116. The molecule has 2 rings (SSSR count). The van der Waals surface area contributed by atoms with Crippen LogP contribution in [0.2, 0.25) is 5.02 Å². The summed E-state index contributed by atoms with van der Waals surface area (Å²) in [4.78, 5) is 16.2. The number of hydrogen-bond acceptors (Lipinski definition) is 4. The van der Waals surface area contributed by atoms with Crippen LogP contribution < -0.4 is 15.4 Å². The maximum atomic E-state index is 12.1. The van der Waals surface area contributed by atoms with E-state index in [2.05, 4.69) is 15.6 Å². The highest BCUT2D eigenvalue weighted by molar-refractivity contribution is 6.30. The van der Waals surface area contributed by atoms with Crippen LogP contribution in [0.1, 0.15) is 6.92 Å². The number of amides is 1. The molecule has 1 heterocycles. The SMILES string of the molecule is COc1ccc(NC(C)C(=O)Nc2cccc(Cl)c2)cn1. The highest BCUT2D eigenvalue weighted by atomic mass is 35.5. The van der Waals surface area contributed by atoms with Gasteiger partial charge in [-0.15, -0.1) is 0 Å². The minimum absolute atomic E-state index is 0.159. The molecule has 110 valence electrons. The third-order valence-corrected chi connectivity index (χ3v) is 3.05. The van der Waals surface area contributed by atoms with Gasteiger partial charge in [-0.2, -0.15) is 0 Å². The first kappa shape index (κ1) is 15.1. The number of hydrogen-bond donors (Lipinski definition) is 2. The van der Waals surface area contributed by atoms with Gasteiger partial charge in [-0.3, -0.25) is 4.79 Å². The molecule has 1 aromatic heterocycles. The molecular weight excluding hydrogens is 290 g/mol. The summed E-state index contributed by atoms with van der Waals surface area (Å²) in [6.45, 7) is 1.77. The first-order valence-electron chi connectivity index (χ1n) is 6.41. The summed E-state index contributed by atoms with van der Waals surface area (Å²) < 4.78 is 4.98. The smallest absolute Gasteiger partial charge is 0.246 e. The molecule has 1 aromatic carbocycles. The van der Waals surface area contributed by atoms with Crippen LogP contribution in [0.15, 0.2) is 42.6 Å². The fourth-order valence-electron chi connectivity index (χ4n) is 1.72. The average molecular weight is 306 g/mol. The van der Waals surface area contributed by atoms with Crippen molar-refractivity contribution in [3.63, 3.8) is 0 Å².